The van der Waals surface area contributed by atoms with Crippen molar-refractivity contribution in [2.24, 2.45) is 0 Å². The molecule has 7 nitrogen and oxygen atoms in total. The summed E-state index contributed by atoms with van der Waals surface area (Å²) in [7, 11) is 0. The molecule has 0 atom stereocenters. The zero-order valence-corrected chi connectivity index (χ0v) is 14.4. The van der Waals surface area contributed by atoms with E-state index >= 15 is 0 Å². The molecule has 0 unspecified atom stereocenters. The van der Waals surface area contributed by atoms with Crippen LogP contribution in [0.4, 0.5) is 10.1 Å². The van der Waals surface area contributed by atoms with Gasteiger partial charge < -0.3 is 4.74 Å². The van der Waals surface area contributed by atoms with Gasteiger partial charge in [-0.25, -0.2) is 8.05 Å². The maximum Gasteiger partial charge on any atom is 0.310 e. The largest absolute Gasteiger partial charge is 0.426 e. The molecule has 0 radical (unpaired) electrons. The van der Waals surface area contributed by atoms with Crippen LogP contribution in [0, 0.1) is 0 Å². The predicted octanol–water partition coefficient (Wildman–Crippen LogP) is 3.35. The van der Waals surface area contributed by atoms with Gasteiger partial charge in [-0.3, -0.25) is 18.4 Å². The number of aromatic nitrogens is 1. The van der Waals surface area contributed by atoms with E-state index in [-0.39, 0.29) is 17.7 Å². The molecule has 0 aliphatic carbocycles. The van der Waals surface area contributed by atoms with Crippen LogP contribution in [0.25, 0.3) is 0 Å². The summed E-state index contributed by atoms with van der Waals surface area (Å²) in [5.74, 6) is -0.648. The van der Waals surface area contributed by atoms with E-state index in [0.717, 1.165) is 0 Å². The first-order valence-electron chi connectivity index (χ1n) is 6.23. The average molecular weight is 433 g/mol. The normalized spacial score (nSPS) is 10.0. The number of hydrogen-bond acceptors (Lipinski definition) is 6. The summed E-state index contributed by atoms with van der Waals surface area (Å²) < 4.78 is 18.4. The molecule has 0 saturated heterocycles. The van der Waals surface area contributed by atoms with E-state index in [1.807, 2.05) is 0 Å². The number of halogens is 1. The number of amides is 1. The van der Waals surface area contributed by atoms with Gasteiger partial charge in [0.05, 0.1) is 11.8 Å². The second-order valence-electron chi connectivity index (χ2n) is 3.98. The molecule has 116 valence electrons. The van der Waals surface area contributed by atoms with Crippen molar-refractivity contribution in [2.45, 2.75) is 13.3 Å². The first kappa shape index (κ1) is 16.5. The lowest BCUT2D eigenvalue weighted by Crippen LogP contribution is -2.15. The number of hydrogen-bond donors (Lipinski definition) is 2. The summed E-state index contributed by atoms with van der Waals surface area (Å²) in [5, 5.41) is 3.59. The van der Waals surface area contributed by atoms with Crippen LogP contribution in [0.5, 0.6) is 5.75 Å². The molecule has 22 heavy (non-hydrogen) atoms. The molecule has 1 aromatic heterocycles. The van der Waals surface area contributed by atoms with Crippen LogP contribution in [0.2, 0.25) is 0 Å². The number of benzene rings is 1. The minimum Gasteiger partial charge on any atom is -0.426 e. The Labute approximate surface area is 141 Å². The highest BCUT2D eigenvalue weighted by atomic mass is 127. The SMILES string of the molecule is CCC(=O)Oc1ccccc1C(=O)Nc1ncc(NI=O)s1. The fourth-order valence-electron chi connectivity index (χ4n) is 1.52. The molecular formula is C13H12IN3O4S. The Bertz CT molecular complexity index is 704. The number of carbonyl (C=O) groups excluding carboxylic acids is 2. The first-order chi connectivity index (χ1) is 10.6. The number of nitrogens with zero attached hydrogens (tertiary/aromatic N) is 1. The number of nitrogens with one attached hydrogen (secondary N) is 2. The van der Waals surface area contributed by atoms with Gasteiger partial charge in [0.15, 0.2) is 5.13 Å². The monoisotopic (exact) mass is 433 g/mol. The summed E-state index contributed by atoms with van der Waals surface area (Å²) in [6.45, 7) is 1.67. The zero-order chi connectivity index (χ0) is 15.9. The van der Waals surface area contributed by atoms with Crippen LogP contribution in [0.3, 0.4) is 0 Å². The molecule has 0 saturated carbocycles. The molecule has 1 amide bonds. The van der Waals surface area contributed by atoms with Crippen LogP contribution in [0.15, 0.2) is 30.5 Å². The number of esters is 1. The Morgan fingerprint density at radius 2 is 2.14 bits per heavy atom. The molecule has 2 N–H and O–H groups in total. The van der Waals surface area contributed by atoms with Crippen LogP contribution in [0.1, 0.15) is 23.7 Å². The van der Waals surface area contributed by atoms with Crippen molar-refractivity contribution in [3.8, 4) is 5.75 Å². The summed E-state index contributed by atoms with van der Waals surface area (Å²) in [4.78, 5) is 27.7. The number of rotatable bonds is 6. The topological polar surface area (TPSA) is 97.4 Å². The lowest BCUT2D eigenvalue weighted by molar-refractivity contribution is -0.134. The van der Waals surface area contributed by atoms with Gasteiger partial charge in [-0.1, -0.05) is 30.4 Å². The van der Waals surface area contributed by atoms with Gasteiger partial charge in [-0.2, -0.15) is 0 Å². The maximum absolute atomic E-state index is 12.3. The quantitative estimate of drug-likeness (QED) is 0.314. The molecule has 0 bridgehead atoms. The van der Waals surface area contributed by atoms with E-state index in [1.165, 1.54) is 17.5 Å². The van der Waals surface area contributed by atoms with E-state index in [2.05, 4.69) is 13.8 Å². The van der Waals surface area contributed by atoms with E-state index < -0.39 is 33.3 Å². The Kier molecular flexibility index (Phi) is 5.95. The number of anilines is 2. The van der Waals surface area contributed by atoms with Crippen LogP contribution >= 0.6 is 32.8 Å². The average Bonchev–Trinajstić information content (AvgIpc) is 2.95. The molecule has 2 rings (SSSR count). The Morgan fingerprint density at radius 3 is 2.86 bits per heavy atom. The van der Waals surface area contributed by atoms with Gasteiger partial charge >= 0.3 is 5.97 Å². The standard InChI is InChI=1S/C13H12IN3O4S/c1-2-11(18)21-9-6-4-3-5-8(9)12(19)16-13-15-7-10(22-13)17-14-20/h3-7H,2H2,1H3,(H,17,20)(H,15,16,19). The zero-order valence-electron chi connectivity index (χ0n) is 11.5. The first-order valence-corrected chi connectivity index (χ1v) is 9.00. The van der Waals surface area contributed by atoms with Gasteiger partial charge in [0.1, 0.15) is 10.8 Å². The molecule has 1 heterocycles. The highest BCUT2D eigenvalue weighted by Crippen LogP contribution is 2.26. The summed E-state index contributed by atoms with van der Waals surface area (Å²) in [6.07, 6.45) is 1.71. The van der Waals surface area contributed by atoms with Gasteiger partial charge in [0.2, 0.25) is 0 Å². The number of carbonyl (C=O) groups is 2. The minimum atomic E-state index is -1.34. The second-order valence-corrected chi connectivity index (χ2v) is 5.99. The Morgan fingerprint density at radius 1 is 1.36 bits per heavy atom. The predicted molar refractivity (Wildman–Crippen MR) is 90.8 cm³/mol. The highest BCUT2D eigenvalue weighted by Gasteiger charge is 2.15. The number of para-hydroxylation sites is 1. The third kappa shape index (κ3) is 4.31. The second kappa shape index (κ2) is 7.94. The number of thiazole rings is 1. The molecule has 1 aromatic carbocycles. The van der Waals surface area contributed by atoms with Crippen molar-refractivity contribution in [1.82, 2.24) is 4.98 Å². The van der Waals surface area contributed by atoms with E-state index in [0.29, 0.717) is 10.1 Å². The lowest BCUT2D eigenvalue weighted by Gasteiger charge is -2.08. The summed E-state index contributed by atoms with van der Waals surface area (Å²) >= 11 is -0.171. The Balaban J connectivity index is 2.14. The van der Waals surface area contributed by atoms with Crippen LogP contribution < -0.4 is 13.6 Å². The van der Waals surface area contributed by atoms with E-state index in [9.17, 15) is 12.7 Å². The molecule has 0 spiro atoms. The van der Waals surface area contributed by atoms with Crippen molar-refractivity contribution in [3.05, 3.63) is 36.0 Å². The molecule has 9 heteroatoms. The lowest BCUT2D eigenvalue weighted by atomic mass is 10.2. The van der Waals surface area contributed by atoms with Crippen molar-refractivity contribution in [2.75, 3.05) is 8.85 Å². The van der Waals surface area contributed by atoms with Gasteiger partial charge in [0.25, 0.3) is 27.4 Å². The fourth-order valence-corrected chi connectivity index (χ4v) is 3.02. The molecule has 0 aliphatic heterocycles. The minimum absolute atomic E-state index is 0.201. The Hall–Kier alpha value is -1.88. The van der Waals surface area contributed by atoms with E-state index in [4.69, 9.17) is 4.74 Å². The van der Waals surface area contributed by atoms with Gasteiger partial charge in [-0.15, -0.1) is 0 Å². The fraction of sp³-hybridized carbons (Fsp3) is 0.154. The van der Waals surface area contributed by atoms with Crippen molar-refractivity contribution < 1.29 is 17.4 Å². The molecule has 2 aromatic rings. The maximum atomic E-state index is 12.3. The van der Waals surface area contributed by atoms with Crippen molar-refractivity contribution in [3.63, 3.8) is 0 Å². The third-order valence-corrected chi connectivity index (χ3v) is 4.50. The molecular weight excluding hydrogens is 421 g/mol. The van der Waals surface area contributed by atoms with E-state index in [1.54, 1.807) is 31.2 Å². The van der Waals surface area contributed by atoms with Crippen molar-refractivity contribution in [1.29, 1.82) is 0 Å². The van der Waals surface area contributed by atoms with Crippen LogP contribution in [-0.4, -0.2) is 16.9 Å². The third-order valence-electron chi connectivity index (χ3n) is 2.50. The van der Waals surface area contributed by atoms with Crippen molar-refractivity contribution >= 4 is 54.8 Å². The number of ether oxygens (including phenoxy) is 1. The summed E-state index contributed by atoms with van der Waals surface area (Å²) in [5.41, 5.74) is 0.241. The van der Waals surface area contributed by atoms with Crippen LogP contribution in [-0.2, 0) is 7.86 Å². The molecule has 0 aliphatic rings. The molecule has 0 fully saturated rings. The van der Waals surface area contributed by atoms with Gasteiger partial charge in [-0.05, 0) is 12.1 Å². The summed E-state index contributed by atoms with van der Waals surface area (Å²) in [6, 6.07) is 6.47. The smallest absolute Gasteiger partial charge is 0.310 e. The highest BCUT2D eigenvalue weighted by molar-refractivity contribution is 14.1. The van der Waals surface area contributed by atoms with Gasteiger partial charge in [0, 0.05) is 6.42 Å².